The molecule has 0 bridgehead atoms. The fourth-order valence-corrected chi connectivity index (χ4v) is 3.06. The maximum absolute atomic E-state index is 14.2. The van der Waals surface area contributed by atoms with Crippen molar-refractivity contribution in [2.24, 2.45) is 0 Å². The van der Waals surface area contributed by atoms with Crippen molar-refractivity contribution in [1.82, 2.24) is 4.90 Å². The first-order chi connectivity index (χ1) is 9.89. The number of benzene rings is 1. The number of carbonyl (C=O) groups excluding carboxylic acids is 1. The standard InChI is InChI=1S/C17H25F2NO/c1-6-17(7-2,20(8-3)9-4)16(21)13-11-10-12(5)14(18)15(13)19/h10-11H,6-9H2,1-5H3. The van der Waals surface area contributed by atoms with Gasteiger partial charge >= 0.3 is 0 Å². The number of carbonyl (C=O) groups is 1. The molecule has 0 fully saturated rings. The first kappa shape index (κ1) is 17.8. The molecule has 4 heteroatoms. The van der Waals surface area contributed by atoms with Crippen LogP contribution in [0.3, 0.4) is 0 Å². The van der Waals surface area contributed by atoms with E-state index in [2.05, 4.69) is 0 Å². The van der Waals surface area contributed by atoms with Crippen LogP contribution in [0.5, 0.6) is 0 Å². The lowest BCUT2D eigenvalue weighted by molar-refractivity contribution is 0.0529. The van der Waals surface area contributed by atoms with E-state index in [1.165, 1.54) is 19.1 Å². The van der Waals surface area contributed by atoms with E-state index in [4.69, 9.17) is 0 Å². The Kier molecular flexibility index (Phi) is 6.02. The molecule has 0 spiro atoms. The third-order valence-corrected chi connectivity index (χ3v) is 4.48. The molecule has 0 aliphatic heterocycles. The molecule has 0 amide bonds. The van der Waals surface area contributed by atoms with Crippen molar-refractivity contribution >= 4 is 5.78 Å². The highest BCUT2D eigenvalue weighted by Crippen LogP contribution is 2.30. The average molecular weight is 297 g/mol. The number of aryl methyl sites for hydroxylation is 1. The topological polar surface area (TPSA) is 20.3 Å². The molecule has 2 nitrogen and oxygen atoms in total. The van der Waals surface area contributed by atoms with Crippen LogP contribution in [-0.2, 0) is 0 Å². The lowest BCUT2D eigenvalue weighted by atomic mass is 9.82. The first-order valence-corrected chi connectivity index (χ1v) is 7.63. The van der Waals surface area contributed by atoms with Gasteiger partial charge in [-0.15, -0.1) is 0 Å². The summed E-state index contributed by atoms with van der Waals surface area (Å²) in [5, 5.41) is 0. The minimum absolute atomic E-state index is 0.145. The van der Waals surface area contributed by atoms with Crippen molar-refractivity contribution in [1.29, 1.82) is 0 Å². The predicted octanol–water partition coefficient (Wildman–Crippen LogP) is 4.36. The summed E-state index contributed by atoms with van der Waals surface area (Å²) >= 11 is 0. The number of hydrogen-bond donors (Lipinski definition) is 0. The second-order valence-electron chi connectivity index (χ2n) is 5.30. The van der Waals surface area contributed by atoms with Crippen LogP contribution < -0.4 is 0 Å². The summed E-state index contributed by atoms with van der Waals surface area (Å²) in [5.74, 6) is -2.28. The van der Waals surface area contributed by atoms with E-state index in [1.54, 1.807) is 0 Å². The zero-order valence-electron chi connectivity index (χ0n) is 13.6. The third kappa shape index (κ3) is 3.00. The molecule has 0 saturated carbocycles. The maximum Gasteiger partial charge on any atom is 0.186 e. The molecule has 0 heterocycles. The minimum atomic E-state index is -1.03. The van der Waals surface area contributed by atoms with Crippen LogP contribution in [0, 0.1) is 18.6 Å². The Morgan fingerprint density at radius 3 is 2.00 bits per heavy atom. The van der Waals surface area contributed by atoms with Gasteiger partial charge in [0.2, 0.25) is 0 Å². The van der Waals surface area contributed by atoms with Gasteiger partial charge in [0.1, 0.15) is 0 Å². The molecule has 1 aromatic carbocycles. The fourth-order valence-electron chi connectivity index (χ4n) is 3.06. The normalized spacial score (nSPS) is 12.0. The Balaban J connectivity index is 3.40. The van der Waals surface area contributed by atoms with Crippen LogP contribution in [-0.4, -0.2) is 29.3 Å². The third-order valence-electron chi connectivity index (χ3n) is 4.48. The fraction of sp³-hybridized carbons (Fsp3) is 0.588. The molecule has 0 atom stereocenters. The number of ketones is 1. The molecule has 0 aromatic heterocycles. The summed E-state index contributed by atoms with van der Waals surface area (Å²) in [5.41, 5.74) is -0.703. The molecule has 0 N–H and O–H groups in total. The van der Waals surface area contributed by atoms with Gasteiger partial charge in [-0.1, -0.05) is 33.8 Å². The van der Waals surface area contributed by atoms with Crippen LogP contribution in [0.4, 0.5) is 8.78 Å². The van der Waals surface area contributed by atoms with Gasteiger partial charge < -0.3 is 0 Å². The van der Waals surface area contributed by atoms with Crippen molar-refractivity contribution < 1.29 is 13.6 Å². The summed E-state index contributed by atoms with van der Waals surface area (Å²) in [4.78, 5) is 15.0. The van der Waals surface area contributed by atoms with Crippen molar-refractivity contribution in [2.75, 3.05) is 13.1 Å². The van der Waals surface area contributed by atoms with E-state index >= 15 is 0 Å². The number of Topliss-reactive ketones (excluding diaryl/α,β-unsaturated/α-hetero) is 1. The lowest BCUT2D eigenvalue weighted by Gasteiger charge is -2.41. The number of likely N-dealkylation sites (N-methyl/N-ethyl adjacent to an activating group) is 1. The second kappa shape index (κ2) is 7.12. The van der Waals surface area contributed by atoms with Gasteiger partial charge in [0, 0.05) is 0 Å². The van der Waals surface area contributed by atoms with Gasteiger partial charge in [-0.2, -0.15) is 0 Å². The van der Waals surface area contributed by atoms with Gasteiger partial charge in [-0.05, 0) is 44.5 Å². The Morgan fingerprint density at radius 2 is 1.57 bits per heavy atom. The van der Waals surface area contributed by atoms with Gasteiger partial charge in [0.15, 0.2) is 17.4 Å². The molecular formula is C17H25F2NO. The SMILES string of the molecule is CCN(CC)C(CC)(CC)C(=O)c1ccc(C)c(F)c1F. The molecular weight excluding hydrogens is 272 g/mol. The summed E-state index contributed by atoms with van der Waals surface area (Å²) in [6.07, 6.45) is 1.14. The van der Waals surface area contributed by atoms with Crippen LogP contribution in [0.1, 0.15) is 56.5 Å². The monoisotopic (exact) mass is 297 g/mol. The predicted molar refractivity (Wildman–Crippen MR) is 81.7 cm³/mol. The molecule has 1 aromatic rings. The van der Waals surface area contributed by atoms with Crippen LogP contribution >= 0.6 is 0 Å². The molecule has 118 valence electrons. The van der Waals surface area contributed by atoms with E-state index in [0.29, 0.717) is 25.9 Å². The van der Waals surface area contributed by atoms with E-state index in [1.807, 2.05) is 32.6 Å². The van der Waals surface area contributed by atoms with Gasteiger partial charge in [0.25, 0.3) is 0 Å². The Labute approximate surface area is 126 Å². The van der Waals surface area contributed by atoms with Crippen LogP contribution in [0.15, 0.2) is 12.1 Å². The maximum atomic E-state index is 14.2. The largest absolute Gasteiger partial charge is 0.292 e. The molecule has 1 rings (SSSR count). The van der Waals surface area contributed by atoms with Gasteiger partial charge in [-0.25, -0.2) is 8.78 Å². The highest BCUT2D eigenvalue weighted by Gasteiger charge is 2.41. The molecule has 0 unspecified atom stereocenters. The van der Waals surface area contributed by atoms with E-state index in [-0.39, 0.29) is 16.9 Å². The number of hydrogen-bond acceptors (Lipinski definition) is 2. The smallest absolute Gasteiger partial charge is 0.186 e. The summed E-state index contributed by atoms with van der Waals surface area (Å²) < 4.78 is 27.9. The molecule has 0 aliphatic carbocycles. The molecule has 0 saturated heterocycles. The number of rotatable bonds is 7. The number of halogens is 2. The summed E-state index contributed by atoms with van der Waals surface area (Å²) in [6, 6.07) is 2.86. The van der Waals surface area contributed by atoms with Crippen molar-refractivity contribution in [3.05, 3.63) is 34.9 Å². The molecule has 0 aliphatic rings. The van der Waals surface area contributed by atoms with Crippen LogP contribution in [0.25, 0.3) is 0 Å². The Bertz CT molecular complexity index is 506. The van der Waals surface area contributed by atoms with Gasteiger partial charge in [0.05, 0.1) is 11.1 Å². The highest BCUT2D eigenvalue weighted by atomic mass is 19.2. The Morgan fingerprint density at radius 1 is 1.05 bits per heavy atom. The average Bonchev–Trinajstić information content (AvgIpc) is 2.50. The zero-order chi connectivity index (χ0) is 16.2. The van der Waals surface area contributed by atoms with E-state index < -0.39 is 17.2 Å². The first-order valence-electron chi connectivity index (χ1n) is 7.63. The van der Waals surface area contributed by atoms with E-state index in [9.17, 15) is 13.6 Å². The zero-order valence-corrected chi connectivity index (χ0v) is 13.6. The van der Waals surface area contributed by atoms with Crippen molar-refractivity contribution in [3.8, 4) is 0 Å². The molecule has 21 heavy (non-hydrogen) atoms. The molecule has 0 radical (unpaired) electrons. The highest BCUT2D eigenvalue weighted by molar-refractivity contribution is 6.03. The second-order valence-corrected chi connectivity index (χ2v) is 5.30. The summed E-state index contributed by atoms with van der Waals surface area (Å²) in [7, 11) is 0. The van der Waals surface area contributed by atoms with Crippen molar-refractivity contribution in [2.45, 2.75) is 53.0 Å². The quantitative estimate of drug-likeness (QED) is 0.697. The lowest BCUT2D eigenvalue weighted by Crippen LogP contribution is -2.54. The van der Waals surface area contributed by atoms with Crippen molar-refractivity contribution in [3.63, 3.8) is 0 Å². The Hall–Kier alpha value is -1.29. The number of nitrogens with zero attached hydrogens (tertiary/aromatic N) is 1. The van der Waals surface area contributed by atoms with Crippen LogP contribution in [0.2, 0.25) is 0 Å². The summed E-state index contributed by atoms with van der Waals surface area (Å²) in [6.45, 7) is 10.7. The minimum Gasteiger partial charge on any atom is -0.292 e. The van der Waals surface area contributed by atoms with E-state index in [0.717, 1.165) is 0 Å². The van der Waals surface area contributed by atoms with Gasteiger partial charge in [-0.3, -0.25) is 9.69 Å².